The van der Waals surface area contributed by atoms with Crippen molar-refractivity contribution in [3.8, 4) is 5.75 Å². The number of fused-ring (bicyclic) bond motifs is 1. The van der Waals surface area contributed by atoms with Gasteiger partial charge in [-0.2, -0.15) is 0 Å². The Morgan fingerprint density at radius 2 is 2.26 bits per heavy atom. The molecule has 104 valence electrons. The van der Waals surface area contributed by atoms with Gasteiger partial charge in [0.15, 0.2) is 0 Å². The summed E-state index contributed by atoms with van der Waals surface area (Å²) in [6, 6.07) is 6.96. The van der Waals surface area contributed by atoms with E-state index >= 15 is 0 Å². The van der Waals surface area contributed by atoms with Crippen LogP contribution in [0.1, 0.15) is 36.9 Å². The van der Waals surface area contributed by atoms with Crippen molar-refractivity contribution in [3.05, 3.63) is 29.3 Å². The van der Waals surface area contributed by atoms with E-state index < -0.39 is 0 Å². The smallest absolute Gasteiger partial charge is 0.124 e. The summed E-state index contributed by atoms with van der Waals surface area (Å²) >= 11 is 0. The second-order valence-electron chi connectivity index (χ2n) is 6.11. The number of nitrogens with one attached hydrogen (secondary N) is 2. The van der Waals surface area contributed by atoms with Crippen LogP contribution in [0, 0.1) is 12.8 Å². The van der Waals surface area contributed by atoms with Crippen LogP contribution in [0.25, 0.3) is 0 Å². The summed E-state index contributed by atoms with van der Waals surface area (Å²) in [4.78, 5) is 0. The van der Waals surface area contributed by atoms with Gasteiger partial charge in [-0.05, 0) is 33.0 Å². The van der Waals surface area contributed by atoms with Crippen molar-refractivity contribution in [2.45, 2.75) is 38.3 Å². The summed E-state index contributed by atoms with van der Waals surface area (Å²) in [5.74, 6) is 1.62. The Bertz CT molecular complexity index is 474. The molecule has 0 amide bonds. The van der Waals surface area contributed by atoms with E-state index in [0.29, 0.717) is 12.0 Å². The van der Waals surface area contributed by atoms with Crippen molar-refractivity contribution >= 4 is 0 Å². The third-order valence-electron chi connectivity index (χ3n) is 4.83. The molecule has 19 heavy (non-hydrogen) atoms. The lowest BCUT2D eigenvalue weighted by Crippen LogP contribution is -2.56. The van der Waals surface area contributed by atoms with Gasteiger partial charge >= 0.3 is 0 Å². The van der Waals surface area contributed by atoms with Gasteiger partial charge < -0.3 is 15.4 Å². The first-order valence-electron chi connectivity index (χ1n) is 7.32. The molecule has 1 spiro atoms. The molecule has 1 aromatic carbocycles. The highest BCUT2D eigenvalue weighted by Crippen LogP contribution is 2.45. The second kappa shape index (κ2) is 4.80. The molecule has 2 aliphatic heterocycles. The fourth-order valence-corrected chi connectivity index (χ4v) is 3.51. The lowest BCUT2D eigenvalue weighted by Gasteiger charge is -2.48. The molecule has 3 heteroatoms. The first-order chi connectivity index (χ1) is 9.14. The lowest BCUT2D eigenvalue weighted by molar-refractivity contribution is -0.0366. The number of rotatable bonds is 1. The predicted molar refractivity (Wildman–Crippen MR) is 77.6 cm³/mol. The second-order valence-corrected chi connectivity index (χ2v) is 6.11. The maximum absolute atomic E-state index is 6.48. The molecule has 3 nitrogen and oxygen atoms in total. The molecule has 0 radical (unpaired) electrons. The molecule has 3 unspecified atom stereocenters. The minimum absolute atomic E-state index is 0.00118. The molecule has 2 aliphatic rings. The lowest BCUT2D eigenvalue weighted by atomic mass is 9.75. The van der Waals surface area contributed by atoms with Crippen molar-refractivity contribution in [2.24, 2.45) is 5.92 Å². The highest BCUT2D eigenvalue weighted by molar-refractivity contribution is 5.42. The Kier molecular flexibility index (Phi) is 3.27. The van der Waals surface area contributed by atoms with Crippen molar-refractivity contribution < 1.29 is 4.74 Å². The monoisotopic (exact) mass is 260 g/mol. The fraction of sp³-hybridized carbons (Fsp3) is 0.625. The summed E-state index contributed by atoms with van der Waals surface area (Å²) in [6.07, 6.45) is 2.17. The third kappa shape index (κ3) is 2.15. The van der Waals surface area contributed by atoms with Gasteiger partial charge in [-0.15, -0.1) is 0 Å². The molecule has 0 aliphatic carbocycles. The van der Waals surface area contributed by atoms with E-state index in [0.717, 1.165) is 31.7 Å². The average Bonchev–Trinajstić information content (AvgIpc) is 2.42. The summed E-state index contributed by atoms with van der Waals surface area (Å²) < 4.78 is 6.48. The number of hydrogen-bond donors (Lipinski definition) is 2. The van der Waals surface area contributed by atoms with Crippen LogP contribution in [0.5, 0.6) is 5.75 Å². The fourth-order valence-electron chi connectivity index (χ4n) is 3.51. The Hall–Kier alpha value is -1.06. The average molecular weight is 260 g/mol. The van der Waals surface area contributed by atoms with Crippen molar-refractivity contribution in [3.63, 3.8) is 0 Å². The maximum atomic E-state index is 6.48. The van der Waals surface area contributed by atoms with Crippen LogP contribution >= 0.6 is 0 Å². The number of aryl methyl sites for hydroxylation is 1. The summed E-state index contributed by atoms with van der Waals surface area (Å²) in [5.41, 5.74) is 2.62. The molecule has 2 N–H and O–H groups in total. The zero-order valence-corrected chi connectivity index (χ0v) is 12.1. The van der Waals surface area contributed by atoms with Crippen LogP contribution in [0.2, 0.25) is 0 Å². The van der Waals surface area contributed by atoms with Crippen LogP contribution in [0.15, 0.2) is 18.2 Å². The topological polar surface area (TPSA) is 33.3 Å². The highest BCUT2D eigenvalue weighted by Gasteiger charge is 2.45. The Morgan fingerprint density at radius 1 is 1.42 bits per heavy atom. The molecule has 0 bridgehead atoms. The van der Waals surface area contributed by atoms with Crippen LogP contribution in [0.4, 0.5) is 0 Å². The molecular weight excluding hydrogens is 236 g/mol. The molecule has 1 saturated heterocycles. The first kappa shape index (κ1) is 12.9. The van der Waals surface area contributed by atoms with Gasteiger partial charge in [-0.1, -0.05) is 24.6 Å². The minimum Gasteiger partial charge on any atom is -0.486 e. The Morgan fingerprint density at radius 3 is 3.00 bits per heavy atom. The number of piperidine rings is 1. The molecular formula is C16H24N2O. The van der Waals surface area contributed by atoms with Crippen LogP contribution in [0.3, 0.4) is 0 Å². The largest absolute Gasteiger partial charge is 0.486 e. The van der Waals surface area contributed by atoms with E-state index in [1.807, 2.05) is 0 Å². The quantitative estimate of drug-likeness (QED) is 0.813. The van der Waals surface area contributed by atoms with E-state index in [1.165, 1.54) is 11.1 Å². The first-order valence-corrected chi connectivity index (χ1v) is 7.32. The van der Waals surface area contributed by atoms with E-state index in [4.69, 9.17) is 4.74 Å². The number of ether oxygens (including phenoxy) is 1. The Balaban J connectivity index is 1.99. The molecule has 0 aromatic heterocycles. The van der Waals surface area contributed by atoms with Crippen molar-refractivity contribution in [1.29, 1.82) is 0 Å². The van der Waals surface area contributed by atoms with Gasteiger partial charge in [0, 0.05) is 30.5 Å². The van der Waals surface area contributed by atoms with E-state index in [-0.39, 0.29) is 5.60 Å². The number of hydrogen-bond acceptors (Lipinski definition) is 3. The molecule has 0 saturated carbocycles. The summed E-state index contributed by atoms with van der Waals surface area (Å²) in [6.45, 7) is 6.56. The highest BCUT2D eigenvalue weighted by atomic mass is 16.5. The van der Waals surface area contributed by atoms with E-state index in [9.17, 15) is 0 Å². The van der Waals surface area contributed by atoms with Gasteiger partial charge in [-0.3, -0.25) is 0 Å². The minimum atomic E-state index is 0.00118. The molecule has 1 fully saturated rings. The van der Waals surface area contributed by atoms with Gasteiger partial charge in [0.05, 0.1) is 0 Å². The van der Waals surface area contributed by atoms with Gasteiger partial charge in [0.2, 0.25) is 0 Å². The van der Waals surface area contributed by atoms with Gasteiger partial charge in [0.25, 0.3) is 0 Å². The van der Waals surface area contributed by atoms with Crippen LogP contribution < -0.4 is 15.4 Å². The van der Waals surface area contributed by atoms with Crippen molar-refractivity contribution in [2.75, 3.05) is 20.1 Å². The molecule has 3 rings (SSSR count). The van der Waals surface area contributed by atoms with Crippen LogP contribution in [-0.4, -0.2) is 25.7 Å². The standard InChI is InChI=1S/C16H24N2O/c1-11-4-5-15-13(8-11)14(17-3)9-16(19-15)6-7-18-10-12(16)2/h4-5,8,12,14,17-18H,6-7,9-10H2,1-3H3. The summed E-state index contributed by atoms with van der Waals surface area (Å²) in [7, 11) is 2.06. The number of benzene rings is 1. The zero-order chi connectivity index (χ0) is 13.5. The van der Waals surface area contributed by atoms with Gasteiger partial charge in [0.1, 0.15) is 11.4 Å². The van der Waals surface area contributed by atoms with Crippen molar-refractivity contribution in [1.82, 2.24) is 10.6 Å². The maximum Gasteiger partial charge on any atom is 0.124 e. The Labute approximate surface area is 115 Å². The van der Waals surface area contributed by atoms with E-state index in [1.54, 1.807) is 0 Å². The molecule has 2 heterocycles. The molecule has 1 aromatic rings. The predicted octanol–water partition coefficient (Wildman–Crippen LogP) is 2.41. The van der Waals surface area contributed by atoms with E-state index in [2.05, 4.69) is 49.7 Å². The third-order valence-corrected chi connectivity index (χ3v) is 4.83. The summed E-state index contributed by atoms with van der Waals surface area (Å²) in [5, 5.41) is 6.95. The normalized spacial score (nSPS) is 33.8. The zero-order valence-electron chi connectivity index (χ0n) is 12.1. The molecule has 3 atom stereocenters. The van der Waals surface area contributed by atoms with Gasteiger partial charge in [-0.25, -0.2) is 0 Å². The SMILES string of the molecule is CNC1CC2(CCNCC2C)Oc2ccc(C)cc21. The van der Waals surface area contributed by atoms with Crippen LogP contribution in [-0.2, 0) is 0 Å².